The highest BCUT2D eigenvalue weighted by molar-refractivity contribution is 5.90. The van der Waals surface area contributed by atoms with E-state index >= 15 is 0 Å². The van der Waals surface area contributed by atoms with E-state index in [0.29, 0.717) is 16.7 Å². The van der Waals surface area contributed by atoms with Gasteiger partial charge < -0.3 is 23.7 Å². The Morgan fingerprint density at radius 3 is 1.70 bits per heavy atom. The topological polar surface area (TPSA) is 97.4 Å². The number of benzene rings is 3. The maximum absolute atomic E-state index is 12.8. The van der Waals surface area contributed by atoms with Crippen LogP contribution in [-0.2, 0) is 23.7 Å². The Labute approximate surface area is 215 Å². The lowest BCUT2D eigenvalue weighted by Gasteiger charge is -2.26. The summed E-state index contributed by atoms with van der Waals surface area (Å²) in [6.07, 6.45) is -2.86. The summed E-state index contributed by atoms with van der Waals surface area (Å²) in [5.74, 6) is -1.58. The Kier molecular flexibility index (Phi) is 9.02. The number of hydrogen-bond donors (Lipinski definition) is 0. The molecule has 0 spiro atoms. The summed E-state index contributed by atoms with van der Waals surface area (Å²) in [5.41, 5.74) is 1.16. The van der Waals surface area contributed by atoms with Crippen molar-refractivity contribution < 1.29 is 38.1 Å². The number of rotatable bonds is 8. The molecule has 1 fully saturated rings. The predicted octanol–water partition coefficient (Wildman–Crippen LogP) is 4.45. The van der Waals surface area contributed by atoms with Gasteiger partial charge in [0.25, 0.3) is 0 Å². The lowest BCUT2D eigenvalue weighted by molar-refractivity contribution is -0.201. The van der Waals surface area contributed by atoms with Gasteiger partial charge in [-0.1, -0.05) is 54.6 Å². The summed E-state index contributed by atoms with van der Waals surface area (Å²) in [7, 11) is 1.43. The highest BCUT2D eigenvalue weighted by Crippen LogP contribution is 2.27. The number of carbonyl (C=O) groups is 3. The molecule has 1 aliphatic heterocycles. The Bertz CT molecular complexity index is 1170. The van der Waals surface area contributed by atoms with Crippen LogP contribution < -0.4 is 0 Å². The first-order valence-corrected chi connectivity index (χ1v) is 12.0. The normalized spacial score (nSPS) is 21.3. The molecule has 0 aliphatic carbocycles. The second-order valence-electron chi connectivity index (χ2n) is 8.50. The number of ether oxygens (including phenoxy) is 5. The van der Waals surface area contributed by atoms with Crippen LogP contribution in [0.15, 0.2) is 91.0 Å². The largest absolute Gasteiger partial charge is 0.459 e. The van der Waals surface area contributed by atoms with Gasteiger partial charge in [-0.2, -0.15) is 0 Å². The average molecular weight is 505 g/mol. The minimum Gasteiger partial charge on any atom is -0.459 e. The summed E-state index contributed by atoms with van der Waals surface area (Å²) >= 11 is 0. The van der Waals surface area contributed by atoms with E-state index in [4.69, 9.17) is 23.7 Å². The number of hydrogen-bond acceptors (Lipinski definition) is 8. The van der Waals surface area contributed by atoms with Crippen LogP contribution in [0, 0.1) is 0 Å². The standard InChI is InChI=1S/C29H28O8/c1-33-29-25(37-28(32)22-15-9-4-10-16-22)18-23(35-27(31)21-13-7-3-8-14-21)17-24(36-29)19-34-26(30)20-11-5-2-6-12-20/h2-16,23-25,29H,17-19H2,1H3/t23-,24-,25+,29+/m0/s1. The summed E-state index contributed by atoms with van der Waals surface area (Å²) in [6, 6.07) is 25.7. The Morgan fingerprint density at radius 2 is 1.19 bits per heavy atom. The minimum absolute atomic E-state index is 0.105. The first-order valence-electron chi connectivity index (χ1n) is 12.0. The maximum atomic E-state index is 12.8. The monoisotopic (exact) mass is 504 g/mol. The van der Waals surface area contributed by atoms with E-state index in [-0.39, 0.29) is 19.4 Å². The molecule has 0 bridgehead atoms. The molecule has 0 saturated carbocycles. The zero-order valence-electron chi connectivity index (χ0n) is 20.4. The molecule has 4 rings (SSSR count). The summed E-state index contributed by atoms with van der Waals surface area (Å²) < 4.78 is 28.5. The molecule has 0 radical (unpaired) electrons. The van der Waals surface area contributed by atoms with Crippen molar-refractivity contribution in [2.24, 2.45) is 0 Å². The van der Waals surface area contributed by atoms with Crippen LogP contribution >= 0.6 is 0 Å². The second-order valence-corrected chi connectivity index (χ2v) is 8.50. The molecule has 8 nitrogen and oxygen atoms in total. The molecular formula is C29H28O8. The van der Waals surface area contributed by atoms with Crippen LogP contribution in [0.5, 0.6) is 0 Å². The molecule has 0 aromatic heterocycles. The zero-order chi connectivity index (χ0) is 26.0. The molecule has 0 amide bonds. The third kappa shape index (κ3) is 7.25. The van der Waals surface area contributed by atoms with Gasteiger partial charge in [0.2, 0.25) is 0 Å². The van der Waals surface area contributed by atoms with Crippen molar-refractivity contribution in [3.05, 3.63) is 108 Å². The maximum Gasteiger partial charge on any atom is 0.338 e. The first kappa shape index (κ1) is 26.1. The van der Waals surface area contributed by atoms with E-state index in [9.17, 15) is 14.4 Å². The molecule has 3 aromatic carbocycles. The van der Waals surface area contributed by atoms with Crippen molar-refractivity contribution >= 4 is 17.9 Å². The van der Waals surface area contributed by atoms with E-state index in [1.54, 1.807) is 91.0 Å². The lowest BCUT2D eigenvalue weighted by atomic mass is 10.1. The van der Waals surface area contributed by atoms with Gasteiger partial charge in [-0.05, 0) is 36.4 Å². The van der Waals surface area contributed by atoms with Gasteiger partial charge in [0.15, 0.2) is 12.4 Å². The van der Waals surface area contributed by atoms with E-state index < -0.39 is 42.5 Å². The molecule has 3 aromatic rings. The third-order valence-electron chi connectivity index (χ3n) is 5.84. The Morgan fingerprint density at radius 1 is 0.703 bits per heavy atom. The Hall–Kier alpha value is -4.01. The smallest absolute Gasteiger partial charge is 0.338 e. The summed E-state index contributed by atoms with van der Waals surface area (Å²) in [4.78, 5) is 38.0. The SMILES string of the molecule is CO[C@@H]1O[C@H](COC(=O)c2ccccc2)C[C@H](OC(=O)c2ccccc2)C[C@H]1OC(=O)c1ccccc1. The van der Waals surface area contributed by atoms with Crippen LogP contribution in [0.1, 0.15) is 43.9 Å². The fraction of sp³-hybridized carbons (Fsp3) is 0.276. The highest BCUT2D eigenvalue weighted by Gasteiger charge is 2.38. The predicted molar refractivity (Wildman–Crippen MR) is 133 cm³/mol. The van der Waals surface area contributed by atoms with Crippen molar-refractivity contribution in [3.63, 3.8) is 0 Å². The highest BCUT2D eigenvalue weighted by atomic mass is 16.7. The molecule has 0 N–H and O–H groups in total. The lowest BCUT2D eigenvalue weighted by Crippen LogP contribution is -2.37. The average Bonchev–Trinajstić information content (AvgIpc) is 3.11. The van der Waals surface area contributed by atoms with E-state index in [1.165, 1.54) is 7.11 Å². The molecule has 37 heavy (non-hydrogen) atoms. The zero-order valence-corrected chi connectivity index (χ0v) is 20.4. The van der Waals surface area contributed by atoms with Gasteiger partial charge in [-0.3, -0.25) is 0 Å². The van der Waals surface area contributed by atoms with Gasteiger partial charge in [0.05, 0.1) is 22.8 Å². The summed E-state index contributed by atoms with van der Waals surface area (Å²) in [5, 5.41) is 0. The molecule has 1 aliphatic rings. The second kappa shape index (κ2) is 12.8. The molecular weight excluding hydrogens is 476 g/mol. The first-order chi connectivity index (χ1) is 18.0. The van der Waals surface area contributed by atoms with E-state index in [0.717, 1.165) is 0 Å². The fourth-order valence-corrected chi connectivity index (χ4v) is 4.01. The fourth-order valence-electron chi connectivity index (χ4n) is 4.01. The van der Waals surface area contributed by atoms with Crippen molar-refractivity contribution in [3.8, 4) is 0 Å². The molecule has 192 valence electrons. The quantitative estimate of drug-likeness (QED) is 0.328. The van der Waals surface area contributed by atoms with Crippen molar-refractivity contribution in [2.75, 3.05) is 13.7 Å². The Balaban J connectivity index is 1.50. The summed E-state index contributed by atoms with van der Waals surface area (Å²) in [6.45, 7) is -0.105. The van der Waals surface area contributed by atoms with Gasteiger partial charge in [0.1, 0.15) is 12.7 Å². The van der Waals surface area contributed by atoms with E-state index in [1.807, 2.05) is 0 Å². The van der Waals surface area contributed by atoms with Crippen LogP contribution in [-0.4, -0.2) is 56.2 Å². The van der Waals surface area contributed by atoms with Gasteiger partial charge in [-0.15, -0.1) is 0 Å². The molecule has 4 atom stereocenters. The molecule has 8 heteroatoms. The molecule has 1 heterocycles. The number of esters is 3. The van der Waals surface area contributed by atoms with Crippen molar-refractivity contribution in [1.29, 1.82) is 0 Å². The minimum atomic E-state index is -0.964. The van der Waals surface area contributed by atoms with Crippen molar-refractivity contribution in [2.45, 2.75) is 37.4 Å². The molecule has 1 saturated heterocycles. The number of carbonyl (C=O) groups excluding carboxylic acids is 3. The van der Waals surface area contributed by atoms with Crippen LogP contribution in [0.4, 0.5) is 0 Å². The molecule has 0 unspecified atom stereocenters. The van der Waals surface area contributed by atoms with Crippen LogP contribution in [0.2, 0.25) is 0 Å². The third-order valence-corrected chi connectivity index (χ3v) is 5.84. The number of methoxy groups -OCH3 is 1. The van der Waals surface area contributed by atoms with Crippen molar-refractivity contribution in [1.82, 2.24) is 0 Å². The van der Waals surface area contributed by atoms with Gasteiger partial charge in [0, 0.05) is 20.0 Å². The van der Waals surface area contributed by atoms with Gasteiger partial charge >= 0.3 is 17.9 Å². The van der Waals surface area contributed by atoms with Crippen LogP contribution in [0.25, 0.3) is 0 Å². The van der Waals surface area contributed by atoms with E-state index in [2.05, 4.69) is 0 Å². The van der Waals surface area contributed by atoms with Crippen LogP contribution in [0.3, 0.4) is 0 Å². The van der Waals surface area contributed by atoms with Gasteiger partial charge in [-0.25, -0.2) is 14.4 Å².